The molecule has 1 saturated heterocycles. The average Bonchev–Trinajstić information content (AvgIpc) is 2.78. The lowest BCUT2D eigenvalue weighted by molar-refractivity contribution is -0.119. The Morgan fingerprint density at radius 3 is 2.31 bits per heavy atom. The third kappa shape index (κ3) is 6.23. The molecular weight excluding hydrogens is 469 g/mol. The number of halogens is 2. The molecule has 0 bridgehead atoms. The second kappa shape index (κ2) is 11.0. The number of carbonyl (C=O) groups is 1. The number of piperazine rings is 1. The van der Waals surface area contributed by atoms with E-state index < -0.39 is 10.0 Å². The lowest BCUT2D eigenvalue weighted by atomic mass is 10.1. The first-order valence-corrected chi connectivity index (χ1v) is 12.8. The van der Waals surface area contributed by atoms with Crippen molar-refractivity contribution in [2.75, 3.05) is 51.7 Å². The SMILES string of the molecule is CN1CCN(c2ccc(CCC(=O)CCN(C)S(=O)(=O)c3cccc(Cl)c3Cl)cc2)CC1. The number of anilines is 1. The van der Waals surface area contributed by atoms with Crippen molar-refractivity contribution in [1.29, 1.82) is 0 Å². The number of Topliss-reactive ketones (excluding diaryl/α,β-unsaturated/α-hetero) is 1. The van der Waals surface area contributed by atoms with Crippen molar-refractivity contribution in [1.82, 2.24) is 9.21 Å². The summed E-state index contributed by atoms with van der Waals surface area (Å²) in [5.74, 6) is 0.0207. The molecule has 0 amide bonds. The zero-order valence-electron chi connectivity index (χ0n) is 18.4. The molecule has 2 aromatic rings. The van der Waals surface area contributed by atoms with Gasteiger partial charge in [0.1, 0.15) is 10.7 Å². The van der Waals surface area contributed by atoms with E-state index in [9.17, 15) is 13.2 Å². The molecule has 1 aliphatic heterocycles. The molecule has 0 N–H and O–H groups in total. The molecule has 1 fully saturated rings. The van der Waals surface area contributed by atoms with Crippen LogP contribution < -0.4 is 4.90 Å². The second-order valence-corrected chi connectivity index (χ2v) is 10.9. The van der Waals surface area contributed by atoms with Crippen molar-refractivity contribution in [2.45, 2.75) is 24.2 Å². The van der Waals surface area contributed by atoms with Crippen LogP contribution in [0.5, 0.6) is 0 Å². The molecule has 0 saturated carbocycles. The van der Waals surface area contributed by atoms with Crippen LogP contribution in [-0.2, 0) is 21.2 Å². The fraction of sp³-hybridized carbons (Fsp3) is 0.435. The van der Waals surface area contributed by atoms with Crippen LogP contribution in [0.3, 0.4) is 0 Å². The number of sulfonamides is 1. The van der Waals surface area contributed by atoms with Gasteiger partial charge in [-0.2, -0.15) is 0 Å². The van der Waals surface area contributed by atoms with Crippen molar-refractivity contribution in [3.8, 4) is 0 Å². The van der Waals surface area contributed by atoms with Crippen molar-refractivity contribution < 1.29 is 13.2 Å². The summed E-state index contributed by atoms with van der Waals surface area (Å²) in [6.45, 7) is 4.25. The molecule has 6 nitrogen and oxygen atoms in total. The molecule has 9 heteroatoms. The smallest absolute Gasteiger partial charge is 0.244 e. The quantitative estimate of drug-likeness (QED) is 0.524. The number of ketones is 1. The van der Waals surface area contributed by atoms with E-state index >= 15 is 0 Å². The zero-order chi connectivity index (χ0) is 23.3. The monoisotopic (exact) mass is 497 g/mol. The number of likely N-dealkylation sites (N-methyl/N-ethyl adjacent to an activating group) is 1. The summed E-state index contributed by atoms with van der Waals surface area (Å²) in [6, 6.07) is 12.8. The molecule has 0 unspecified atom stereocenters. The summed E-state index contributed by atoms with van der Waals surface area (Å²) in [6.07, 6.45) is 1.16. The lowest BCUT2D eigenvalue weighted by Crippen LogP contribution is -2.44. The number of nitrogens with zero attached hydrogens (tertiary/aromatic N) is 3. The van der Waals surface area contributed by atoms with Crippen LogP contribution in [0.2, 0.25) is 10.0 Å². The molecule has 0 aromatic heterocycles. The summed E-state index contributed by atoms with van der Waals surface area (Å²) >= 11 is 12.0. The van der Waals surface area contributed by atoms with Crippen molar-refractivity contribution in [3.05, 3.63) is 58.1 Å². The van der Waals surface area contributed by atoms with Gasteiger partial charge in [0.05, 0.1) is 10.0 Å². The van der Waals surface area contributed by atoms with Crippen LogP contribution >= 0.6 is 23.2 Å². The first-order chi connectivity index (χ1) is 15.2. The van der Waals surface area contributed by atoms with E-state index in [0.29, 0.717) is 12.8 Å². The molecule has 174 valence electrons. The lowest BCUT2D eigenvalue weighted by Gasteiger charge is -2.34. The number of benzene rings is 2. The van der Waals surface area contributed by atoms with E-state index in [1.807, 2.05) is 0 Å². The van der Waals surface area contributed by atoms with Gasteiger partial charge in [-0.3, -0.25) is 4.79 Å². The van der Waals surface area contributed by atoms with Crippen LogP contribution in [0.15, 0.2) is 47.4 Å². The molecular formula is C23H29Cl2N3O3S. The van der Waals surface area contributed by atoms with Crippen LogP contribution in [-0.4, -0.2) is 70.2 Å². The molecule has 32 heavy (non-hydrogen) atoms. The van der Waals surface area contributed by atoms with Gasteiger partial charge in [0.15, 0.2) is 0 Å². The van der Waals surface area contributed by atoms with Crippen LogP contribution in [0.25, 0.3) is 0 Å². The van der Waals surface area contributed by atoms with Gasteiger partial charge in [0, 0.05) is 58.3 Å². The Bertz CT molecular complexity index is 1040. The highest BCUT2D eigenvalue weighted by Gasteiger charge is 2.25. The van der Waals surface area contributed by atoms with Gasteiger partial charge in [0.2, 0.25) is 10.0 Å². The van der Waals surface area contributed by atoms with Crippen molar-refractivity contribution in [3.63, 3.8) is 0 Å². The zero-order valence-corrected chi connectivity index (χ0v) is 20.8. The first-order valence-electron chi connectivity index (χ1n) is 10.6. The fourth-order valence-corrected chi connectivity index (χ4v) is 5.50. The highest BCUT2D eigenvalue weighted by Crippen LogP contribution is 2.30. The maximum atomic E-state index is 12.7. The molecule has 0 aliphatic carbocycles. The average molecular weight is 498 g/mol. The Labute approximate surface area is 200 Å². The second-order valence-electron chi connectivity index (χ2n) is 8.12. The normalized spacial score (nSPS) is 15.3. The summed E-state index contributed by atoms with van der Waals surface area (Å²) in [5, 5.41) is 0.170. The highest BCUT2D eigenvalue weighted by atomic mass is 35.5. The fourth-order valence-electron chi connectivity index (χ4n) is 3.60. The number of hydrogen-bond acceptors (Lipinski definition) is 5. The van der Waals surface area contributed by atoms with E-state index in [1.165, 1.54) is 30.9 Å². The van der Waals surface area contributed by atoms with Gasteiger partial charge in [-0.25, -0.2) is 12.7 Å². The molecule has 0 spiro atoms. The Balaban J connectivity index is 1.48. The minimum absolute atomic E-state index is 0.00707. The molecule has 3 rings (SSSR count). The highest BCUT2D eigenvalue weighted by molar-refractivity contribution is 7.89. The summed E-state index contributed by atoms with van der Waals surface area (Å²) in [4.78, 5) is 17.0. The van der Waals surface area contributed by atoms with Gasteiger partial charge in [-0.15, -0.1) is 0 Å². The van der Waals surface area contributed by atoms with E-state index in [2.05, 4.69) is 41.1 Å². The van der Waals surface area contributed by atoms with Crippen LogP contribution in [0.1, 0.15) is 18.4 Å². The number of aryl methyl sites for hydroxylation is 1. The minimum Gasteiger partial charge on any atom is -0.369 e. The van der Waals surface area contributed by atoms with Crippen LogP contribution in [0, 0.1) is 0 Å². The van der Waals surface area contributed by atoms with Crippen molar-refractivity contribution in [2.24, 2.45) is 0 Å². The maximum Gasteiger partial charge on any atom is 0.244 e. The number of carbonyl (C=O) groups excluding carboxylic acids is 1. The maximum absolute atomic E-state index is 12.7. The molecule has 0 radical (unpaired) electrons. The molecule has 1 heterocycles. The third-order valence-electron chi connectivity index (χ3n) is 5.81. The molecule has 2 aromatic carbocycles. The van der Waals surface area contributed by atoms with E-state index in [-0.39, 0.29) is 33.7 Å². The molecule has 0 atom stereocenters. The van der Waals surface area contributed by atoms with E-state index in [0.717, 1.165) is 36.0 Å². The third-order valence-corrected chi connectivity index (χ3v) is 8.64. The topological polar surface area (TPSA) is 60.9 Å². The Morgan fingerprint density at radius 2 is 1.66 bits per heavy atom. The van der Waals surface area contributed by atoms with E-state index in [1.54, 1.807) is 0 Å². The minimum atomic E-state index is -3.82. The molecule has 1 aliphatic rings. The van der Waals surface area contributed by atoms with Gasteiger partial charge < -0.3 is 9.80 Å². The largest absolute Gasteiger partial charge is 0.369 e. The Hall–Kier alpha value is -1.64. The van der Waals surface area contributed by atoms with E-state index in [4.69, 9.17) is 23.2 Å². The standard InChI is InChI=1S/C23H29Cl2N3O3S/c1-26-14-16-28(17-15-26)19-9-6-18(7-10-19)8-11-20(29)12-13-27(2)32(30,31)22-5-3-4-21(24)23(22)25/h3-7,9-10H,8,11-17H2,1-2H3. The van der Waals surface area contributed by atoms with Gasteiger partial charge in [0.25, 0.3) is 0 Å². The number of rotatable bonds is 9. The van der Waals surface area contributed by atoms with Gasteiger partial charge >= 0.3 is 0 Å². The van der Waals surface area contributed by atoms with Gasteiger partial charge in [-0.05, 0) is 43.3 Å². The summed E-state index contributed by atoms with van der Waals surface area (Å²) in [5.41, 5.74) is 2.31. The van der Waals surface area contributed by atoms with Gasteiger partial charge in [-0.1, -0.05) is 41.4 Å². The summed E-state index contributed by atoms with van der Waals surface area (Å²) < 4.78 is 26.6. The first kappa shape index (κ1) is 25.0. The predicted octanol–water partition coefficient (Wildman–Crippen LogP) is 3.96. The van der Waals surface area contributed by atoms with Crippen molar-refractivity contribution >= 4 is 44.7 Å². The summed E-state index contributed by atoms with van der Waals surface area (Å²) in [7, 11) is -0.240. The Kier molecular flexibility index (Phi) is 8.58. The number of hydrogen-bond donors (Lipinski definition) is 0. The Morgan fingerprint density at radius 1 is 1.00 bits per heavy atom. The van der Waals surface area contributed by atoms with Crippen LogP contribution in [0.4, 0.5) is 5.69 Å². The predicted molar refractivity (Wildman–Crippen MR) is 130 cm³/mol.